The van der Waals surface area contributed by atoms with Crippen molar-refractivity contribution in [3.05, 3.63) is 52.9 Å². The van der Waals surface area contributed by atoms with E-state index in [1.54, 1.807) is 36.5 Å². The summed E-state index contributed by atoms with van der Waals surface area (Å²) in [5.74, 6) is -1.79. The molecule has 1 aromatic heterocycles. The van der Waals surface area contributed by atoms with Gasteiger partial charge in [-0.2, -0.15) is 13.2 Å². The molecule has 0 atom stereocenters. The molecule has 1 amide bonds. The normalized spacial score (nSPS) is 13.4. The first kappa shape index (κ1) is 30.3. The maximum atomic E-state index is 12.4. The molecule has 0 saturated heterocycles. The van der Waals surface area contributed by atoms with Crippen molar-refractivity contribution >= 4 is 39.1 Å². The molecule has 37 heavy (non-hydrogen) atoms. The molecule has 0 aliphatic carbocycles. The van der Waals surface area contributed by atoms with Crippen LogP contribution in [0.3, 0.4) is 0 Å². The summed E-state index contributed by atoms with van der Waals surface area (Å²) in [5, 5.41) is 12.1. The molecule has 0 bridgehead atoms. The Labute approximate surface area is 217 Å². The molecule has 0 spiro atoms. The van der Waals surface area contributed by atoms with E-state index in [9.17, 15) is 26.4 Å². The second-order valence-electron chi connectivity index (χ2n) is 8.08. The van der Waals surface area contributed by atoms with Crippen molar-refractivity contribution < 1.29 is 36.3 Å². The van der Waals surface area contributed by atoms with E-state index in [0.29, 0.717) is 30.1 Å². The number of halogens is 3. The molecular formula is C23H29F3N4O5S2. The Balaban J connectivity index is 0.000000604. The fourth-order valence-electron chi connectivity index (χ4n) is 3.17. The quantitative estimate of drug-likeness (QED) is 0.460. The van der Waals surface area contributed by atoms with Crippen LogP contribution in [0.2, 0.25) is 0 Å². The highest BCUT2D eigenvalue weighted by atomic mass is 32.2. The lowest BCUT2D eigenvalue weighted by molar-refractivity contribution is -0.192. The van der Waals surface area contributed by atoms with Crippen LogP contribution in [0, 0.1) is 0 Å². The van der Waals surface area contributed by atoms with Gasteiger partial charge in [-0.15, -0.1) is 11.3 Å². The van der Waals surface area contributed by atoms with Crippen LogP contribution >= 0.6 is 11.3 Å². The van der Waals surface area contributed by atoms with Gasteiger partial charge in [0.1, 0.15) is 10.0 Å². The lowest BCUT2D eigenvalue weighted by Gasteiger charge is -2.19. The molecule has 3 rings (SSSR count). The molecule has 1 aliphatic heterocycles. The first-order chi connectivity index (χ1) is 17.3. The zero-order valence-corrected chi connectivity index (χ0v) is 22.0. The van der Waals surface area contributed by atoms with Gasteiger partial charge in [0.25, 0.3) is 10.0 Å². The molecule has 204 valence electrons. The number of sulfonamides is 1. The molecule has 2 heterocycles. The van der Waals surface area contributed by atoms with E-state index < -0.39 is 22.2 Å². The van der Waals surface area contributed by atoms with E-state index in [1.807, 2.05) is 0 Å². The number of carbonyl (C=O) groups is 2. The van der Waals surface area contributed by atoms with Crippen molar-refractivity contribution in [3.8, 4) is 0 Å². The summed E-state index contributed by atoms with van der Waals surface area (Å²) in [5.41, 5.74) is 2.25. The third-order valence-electron chi connectivity index (χ3n) is 5.33. The fourth-order valence-corrected chi connectivity index (χ4v) is 5.58. The topological polar surface area (TPSA) is 119 Å². The van der Waals surface area contributed by atoms with Crippen LogP contribution in [-0.2, 0) is 26.0 Å². The van der Waals surface area contributed by atoms with Crippen LogP contribution in [0.25, 0.3) is 0 Å². The Hall–Kier alpha value is -2.97. The number of alkyl halides is 3. The minimum atomic E-state index is -5.08. The van der Waals surface area contributed by atoms with Crippen molar-refractivity contribution in [2.24, 2.45) is 4.99 Å². The van der Waals surface area contributed by atoms with Gasteiger partial charge in [-0.05, 0) is 29.9 Å². The van der Waals surface area contributed by atoms with Crippen molar-refractivity contribution in [1.82, 2.24) is 14.5 Å². The minimum Gasteiger partial charge on any atom is -0.475 e. The van der Waals surface area contributed by atoms with Gasteiger partial charge in [-0.1, -0.05) is 30.3 Å². The van der Waals surface area contributed by atoms with Crippen molar-refractivity contribution in [2.45, 2.75) is 29.6 Å². The highest BCUT2D eigenvalue weighted by molar-refractivity contribution is 7.91. The fraction of sp³-hybridized carbons (Fsp3) is 0.435. The molecule has 0 fully saturated rings. The highest BCUT2D eigenvalue weighted by Gasteiger charge is 2.38. The Bertz CT molecular complexity index is 1170. The van der Waals surface area contributed by atoms with E-state index >= 15 is 0 Å². The van der Waals surface area contributed by atoms with Crippen LogP contribution in [0.5, 0.6) is 0 Å². The standard InChI is InChI=1S/C21H28N4O3S2.C2HF3O2/c1-24(15-11-17-7-9-18(10-8-17)21-22-12-13-23-21)19(26)5-3-14-25(2)30(27,28)20-6-4-16-29-20;3-2(4,5)1(6)7/h4,6-10,16H,3,5,11-15H2,1-2H3,(H,22,23);(H,6,7). The van der Waals surface area contributed by atoms with E-state index in [2.05, 4.69) is 34.6 Å². The number of carboxylic acids is 1. The van der Waals surface area contributed by atoms with Crippen LogP contribution in [0.1, 0.15) is 24.0 Å². The largest absolute Gasteiger partial charge is 0.490 e. The molecule has 14 heteroatoms. The summed E-state index contributed by atoms with van der Waals surface area (Å²) < 4.78 is 58.2. The number of amides is 1. The van der Waals surface area contributed by atoms with Crippen molar-refractivity contribution in [1.29, 1.82) is 0 Å². The third-order valence-corrected chi connectivity index (χ3v) is 8.56. The molecule has 0 radical (unpaired) electrons. The molecule has 1 aliphatic rings. The van der Waals surface area contributed by atoms with Crippen LogP contribution in [0.15, 0.2) is 51.0 Å². The number of thiophene rings is 1. The SMILES string of the molecule is CN(CCc1ccc(C2=NCCN2)cc1)C(=O)CCCN(C)S(=O)(=O)c1cccs1.O=C(O)C(F)(F)F. The number of amidine groups is 1. The average molecular weight is 563 g/mol. The van der Waals surface area contributed by atoms with Gasteiger partial charge >= 0.3 is 12.1 Å². The number of carboxylic acid groups (broad SMARTS) is 1. The minimum absolute atomic E-state index is 0.0260. The van der Waals surface area contributed by atoms with Gasteiger partial charge in [-0.3, -0.25) is 9.79 Å². The monoisotopic (exact) mass is 562 g/mol. The van der Waals surface area contributed by atoms with E-state index in [0.717, 1.165) is 30.9 Å². The van der Waals surface area contributed by atoms with Crippen LogP contribution in [0.4, 0.5) is 13.2 Å². The molecule has 2 N–H and O–H groups in total. The number of benzene rings is 1. The summed E-state index contributed by atoms with van der Waals surface area (Å²) in [6.07, 6.45) is -3.49. The molecule has 1 aromatic carbocycles. The number of likely N-dealkylation sites (N-methyl/N-ethyl adjacent to an activating group) is 1. The average Bonchev–Trinajstić information content (AvgIpc) is 3.57. The number of aliphatic carboxylic acids is 1. The number of rotatable bonds is 10. The Morgan fingerprint density at radius 2 is 1.78 bits per heavy atom. The lowest BCUT2D eigenvalue weighted by Crippen LogP contribution is -2.31. The number of aliphatic imine (C=N–C) groups is 1. The zero-order valence-electron chi connectivity index (χ0n) is 20.4. The molecule has 0 unspecified atom stereocenters. The van der Waals surface area contributed by atoms with Crippen LogP contribution in [-0.4, -0.2) is 86.9 Å². The predicted molar refractivity (Wildman–Crippen MR) is 134 cm³/mol. The van der Waals surface area contributed by atoms with Gasteiger partial charge in [0.05, 0.1) is 6.54 Å². The van der Waals surface area contributed by atoms with Gasteiger partial charge in [0, 0.05) is 45.7 Å². The number of carbonyl (C=O) groups excluding carboxylic acids is 1. The predicted octanol–water partition coefficient (Wildman–Crippen LogP) is 2.83. The maximum absolute atomic E-state index is 12.4. The molecule has 2 aromatic rings. The summed E-state index contributed by atoms with van der Waals surface area (Å²) in [6, 6.07) is 11.6. The molecule has 9 nitrogen and oxygen atoms in total. The number of hydrogen-bond acceptors (Lipinski definition) is 7. The number of nitrogens with zero attached hydrogens (tertiary/aromatic N) is 3. The van der Waals surface area contributed by atoms with Gasteiger partial charge in [-0.25, -0.2) is 17.5 Å². The first-order valence-corrected chi connectivity index (χ1v) is 13.6. The van der Waals surface area contributed by atoms with E-state index in [1.165, 1.54) is 21.2 Å². The lowest BCUT2D eigenvalue weighted by atomic mass is 10.1. The third kappa shape index (κ3) is 9.44. The van der Waals surface area contributed by atoms with E-state index in [4.69, 9.17) is 9.90 Å². The summed E-state index contributed by atoms with van der Waals surface area (Å²) in [4.78, 5) is 27.4. The maximum Gasteiger partial charge on any atom is 0.490 e. The van der Waals surface area contributed by atoms with Crippen LogP contribution < -0.4 is 5.32 Å². The second kappa shape index (κ2) is 13.5. The summed E-state index contributed by atoms with van der Waals surface area (Å²) in [6.45, 7) is 2.65. The Morgan fingerprint density at radius 1 is 1.14 bits per heavy atom. The Kier molecular flexibility index (Phi) is 11.1. The zero-order chi connectivity index (χ0) is 27.6. The van der Waals surface area contributed by atoms with Gasteiger partial charge in [0.15, 0.2) is 0 Å². The van der Waals surface area contributed by atoms with Crippen molar-refractivity contribution in [3.63, 3.8) is 0 Å². The number of nitrogens with one attached hydrogen (secondary N) is 1. The first-order valence-electron chi connectivity index (χ1n) is 11.2. The summed E-state index contributed by atoms with van der Waals surface area (Å²) >= 11 is 1.20. The summed E-state index contributed by atoms with van der Waals surface area (Å²) in [7, 11) is -0.109. The Morgan fingerprint density at radius 3 is 2.30 bits per heavy atom. The van der Waals surface area contributed by atoms with Crippen molar-refractivity contribution in [2.75, 3.05) is 40.3 Å². The number of hydrogen-bond donors (Lipinski definition) is 2. The second-order valence-corrected chi connectivity index (χ2v) is 11.3. The smallest absolute Gasteiger partial charge is 0.475 e. The molecule has 0 saturated carbocycles. The van der Waals surface area contributed by atoms with E-state index in [-0.39, 0.29) is 5.91 Å². The van der Waals surface area contributed by atoms with Gasteiger partial charge < -0.3 is 15.3 Å². The highest BCUT2D eigenvalue weighted by Crippen LogP contribution is 2.20. The molecular weight excluding hydrogens is 533 g/mol. The van der Waals surface area contributed by atoms with Gasteiger partial charge in [0.2, 0.25) is 5.91 Å².